The minimum Gasteiger partial charge on any atom is -0.390 e. The molecule has 4 rings (SSSR count). The maximum absolute atomic E-state index is 13.2. The number of benzene rings is 1. The molecule has 0 bridgehead atoms. The van der Waals surface area contributed by atoms with Gasteiger partial charge in [0, 0.05) is 32.2 Å². The molecule has 2 fully saturated rings. The molecule has 2 aromatic rings. The lowest BCUT2D eigenvalue weighted by Crippen LogP contribution is -2.55. The van der Waals surface area contributed by atoms with E-state index in [0.29, 0.717) is 32.0 Å². The number of hydrogen-bond acceptors (Lipinski definition) is 7. The second-order valence-electron chi connectivity index (χ2n) is 7.76. The van der Waals surface area contributed by atoms with E-state index in [2.05, 4.69) is 5.10 Å². The predicted molar refractivity (Wildman–Crippen MR) is 109 cm³/mol. The summed E-state index contributed by atoms with van der Waals surface area (Å²) < 4.78 is 19.6. The van der Waals surface area contributed by atoms with Crippen LogP contribution in [-0.4, -0.2) is 93.3 Å². The third-order valence-electron chi connectivity index (χ3n) is 5.78. The number of carbonyl (C=O) groups is 1. The molecule has 9 nitrogen and oxygen atoms in total. The highest BCUT2D eigenvalue weighted by molar-refractivity contribution is 5.92. The minimum atomic E-state index is -0.989. The molecule has 10 heteroatoms. The lowest BCUT2D eigenvalue weighted by Gasteiger charge is -2.38. The molecule has 0 unspecified atom stereocenters. The summed E-state index contributed by atoms with van der Waals surface area (Å²) in [4.78, 5) is 29.0. The second kappa shape index (κ2) is 9.23. The lowest BCUT2D eigenvalue weighted by molar-refractivity contribution is -0.0609. The molecule has 0 spiro atoms. The number of halogens is 1. The molecule has 1 aromatic heterocycles. The van der Waals surface area contributed by atoms with Crippen LogP contribution in [0.5, 0.6) is 0 Å². The van der Waals surface area contributed by atoms with Crippen LogP contribution < -0.4 is 5.56 Å². The Balaban J connectivity index is 1.60. The number of likely N-dealkylation sites (tertiary alicyclic amines) is 1. The van der Waals surface area contributed by atoms with Crippen molar-refractivity contribution < 1.29 is 24.1 Å². The molecular formula is C21H25FN4O5. The third kappa shape index (κ3) is 4.67. The molecule has 2 saturated heterocycles. The van der Waals surface area contributed by atoms with Gasteiger partial charge in [-0.25, -0.2) is 4.39 Å². The van der Waals surface area contributed by atoms with Gasteiger partial charge in [0.25, 0.3) is 11.5 Å². The molecule has 0 saturated carbocycles. The van der Waals surface area contributed by atoms with E-state index in [-0.39, 0.29) is 25.2 Å². The Morgan fingerprint density at radius 3 is 2.48 bits per heavy atom. The first-order valence-corrected chi connectivity index (χ1v) is 10.3. The van der Waals surface area contributed by atoms with Gasteiger partial charge in [-0.2, -0.15) is 9.78 Å². The van der Waals surface area contributed by atoms with E-state index in [0.717, 1.165) is 4.68 Å². The molecular weight excluding hydrogens is 407 g/mol. The van der Waals surface area contributed by atoms with Crippen LogP contribution in [0.3, 0.4) is 0 Å². The number of ether oxygens (including phenoxy) is 1. The van der Waals surface area contributed by atoms with Crippen LogP contribution in [0.15, 0.2) is 41.2 Å². The number of hydrogen-bond donors (Lipinski definition) is 2. The van der Waals surface area contributed by atoms with E-state index in [1.807, 2.05) is 4.90 Å². The zero-order valence-corrected chi connectivity index (χ0v) is 16.9. The van der Waals surface area contributed by atoms with E-state index in [1.54, 1.807) is 4.90 Å². The molecule has 1 aromatic carbocycles. The Morgan fingerprint density at radius 1 is 1.06 bits per heavy atom. The predicted octanol–water partition coefficient (Wildman–Crippen LogP) is -0.360. The molecule has 3 heterocycles. The molecule has 0 aliphatic carbocycles. The second-order valence-corrected chi connectivity index (χ2v) is 7.76. The van der Waals surface area contributed by atoms with Gasteiger partial charge in [-0.1, -0.05) is 0 Å². The summed E-state index contributed by atoms with van der Waals surface area (Å²) in [6.07, 6.45) is -1.71. The van der Waals surface area contributed by atoms with Gasteiger partial charge in [0.05, 0.1) is 37.2 Å². The quantitative estimate of drug-likeness (QED) is 0.682. The van der Waals surface area contributed by atoms with Crippen LogP contribution in [0.2, 0.25) is 0 Å². The van der Waals surface area contributed by atoms with Gasteiger partial charge in [-0.05, 0) is 36.8 Å². The topological polar surface area (TPSA) is 108 Å². The smallest absolute Gasteiger partial charge is 0.274 e. The monoisotopic (exact) mass is 432 g/mol. The van der Waals surface area contributed by atoms with Crippen LogP contribution in [0.25, 0.3) is 5.69 Å². The van der Waals surface area contributed by atoms with Crippen molar-refractivity contribution in [1.82, 2.24) is 19.6 Å². The van der Waals surface area contributed by atoms with Gasteiger partial charge in [0.2, 0.25) is 0 Å². The molecule has 2 N–H and O–H groups in total. The highest BCUT2D eigenvalue weighted by Gasteiger charge is 2.38. The van der Waals surface area contributed by atoms with Crippen molar-refractivity contribution in [1.29, 1.82) is 0 Å². The maximum Gasteiger partial charge on any atom is 0.274 e. The third-order valence-corrected chi connectivity index (χ3v) is 5.78. The fourth-order valence-electron chi connectivity index (χ4n) is 4.02. The van der Waals surface area contributed by atoms with Gasteiger partial charge < -0.3 is 19.8 Å². The van der Waals surface area contributed by atoms with Crippen molar-refractivity contribution >= 4 is 5.91 Å². The maximum atomic E-state index is 13.2. The first kappa shape index (κ1) is 21.6. The van der Waals surface area contributed by atoms with E-state index >= 15 is 0 Å². The Labute approximate surface area is 178 Å². The highest BCUT2D eigenvalue weighted by atomic mass is 19.1. The Hall–Kier alpha value is -2.66. The van der Waals surface area contributed by atoms with Crippen molar-refractivity contribution in [3.05, 3.63) is 58.3 Å². The number of aliphatic hydroxyl groups is 2. The van der Waals surface area contributed by atoms with E-state index in [4.69, 9.17) is 4.74 Å². The number of carbonyl (C=O) groups excluding carboxylic acids is 1. The number of aromatic nitrogens is 2. The molecule has 166 valence electrons. The van der Waals surface area contributed by atoms with Crippen molar-refractivity contribution in [2.75, 3.05) is 39.4 Å². The molecule has 2 aliphatic rings. The van der Waals surface area contributed by atoms with Crippen LogP contribution in [0.1, 0.15) is 16.9 Å². The Bertz CT molecular complexity index is 976. The zero-order valence-electron chi connectivity index (χ0n) is 16.9. The fourth-order valence-corrected chi connectivity index (χ4v) is 4.02. The van der Waals surface area contributed by atoms with Crippen LogP contribution in [0, 0.1) is 5.82 Å². The standard InChI is InChI=1S/C21H25FN4O5/c22-14-1-3-15(4-2-14)26-19(28)6-5-16(23-26)21(30)25-8-7-18(27)20(29)17(13-25)24-9-11-31-12-10-24/h1-6,17-18,20,27,29H,7-13H2/t17-,18-,20+/m1/s1. The average Bonchev–Trinajstić information content (AvgIpc) is 2.94. The summed E-state index contributed by atoms with van der Waals surface area (Å²) in [6, 6.07) is 7.39. The minimum absolute atomic E-state index is 0.0514. The molecule has 2 aliphatic heterocycles. The molecule has 1 amide bonds. The SMILES string of the molecule is O=C(c1ccc(=O)n(-c2ccc(F)cc2)n1)N1CC[C@@H](O)[C@@H](O)[C@H](N2CCOCC2)C1. The lowest BCUT2D eigenvalue weighted by atomic mass is 10.0. The first-order chi connectivity index (χ1) is 14.9. The van der Waals surface area contributed by atoms with Crippen molar-refractivity contribution in [3.8, 4) is 5.69 Å². The summed E-state index contributed by atoms with van der Waals surface area (Å²) in [7, 11) is 0. The summed E-state index contributed by atoms with van der Waals surface area (Å²) in [5.74, 6) is -0.852. The van der Waals surface area contributed by atoms with Crippen LogP contribution in [0.4, 0.5) is 4.39 Å². The van der Waals surface area contributed by atoms with E-state index < -0.39 is 35.5 Å². The highest BCUT2D eigenvalue weighted by Crippen LogP contribution is 2.20. The van der Waals surface area contributed by atoms with Crippen LogP contribution >= 0.6 is 0 Å². The van der Waals surface area contributed by atoms with E-state index in [1.165, 1.54) is 36.4 Å². The number of aliphatic hydroxyl groups excluding tert-OH is 2. The summed E-state index contributed by atoms with van der Waals surface area (Å²) in [5, 5.41) is 25.2. The van der Waals surface area contributed by atoms with Gasteiger partial charge in [-0.15, -0.1) is 0 Å². The zero-order chi connectivity index (χ0) is 22.0. The average molecular weight is 432 g/mol. The van der Waals surface area contributed by atoms with Gasteiger partial charge >= 0.3 is 0 Å². The number of rotatable bonds is 3. The number of morpholine rings is 1. The summed E-state index contributed by atoms with van der Waals surface area (Å²) >= 11 is 0. The number of amides is 1. The van der Waals surface area contributed by atoms with Gasteiger partial charge in [-0.3, -0.25) is 14.5 Å². The Morgan fingerprint density at radius 2 is 1.77 bits per heavy atom. The molecule has 3 atom stereocenters. The van der Waals surface area contributed by atoms with Crippen molar-refractivity contribution in [2.24, 2.45) is 0 Å². The van der Waals surface area contributed by atoms with E-state index in [9.17, 15) is 24.2 Å². The van der Waals surface area contributed by atoms with Crippen LogP contribution in [-0.2, 0) is 4.74 Å². The molecule has 31 heavy (non-hydrogen) atoms. The fraction of sp³-hybridized carbons (Fsp3) is 0.476. The molecule has 0 radical (unpaired) electrons. The summed E-state index contributed by atoms with van der Waals surface area (Å²) in [6.45, 7) is 2.72. The number of nitrogens with zero attached hydrogens (tertiary/aromatic N) is 4. The van der Waals surface area contributed by atoms with Crippen molar-refractivity contribution in [2.45, 2.75) is 24.7 Å². The first-order valence-electron chi connectivity index (χ1n) is 10.3. The largest absolute Gasteiger partial charge is 0.390 e. The van der Waals surface area contributed by atoms with Crippen molar-refractivity contribution in [3.63, 3.8) is 0 Å². The van der Waals surface area contributed by atoms with Gasteiger partial charge in [0.15, 0.2) is 0 Å². The normalized spacial score (nSPS) is 25.3. The Kier molecular flexibility index (Phi) is 6.42. The van der Waals surface area contributed by atoms with Gasteiger partial charge in [0.1, 0.15) is 11.5 Å². The summed E-state index contributed by atoms with van der Waals surface area (Å²) in [5.41, 5.74) is -0.0550.